The molecule has 0 saturated carbocycles. The van der Waals surface area contributed by atoms with Gasteiger partial charge in [-0.05, 0) is 24.3 Å². The monoisotopic (exact) mass is 397 g/mol. The number of aryl methyl sites for hydroxylation is 1. The first-order valence-corrected chi connectivity index (χ1v) is 9.90. The van der Waals surface area contributed by atoms with E-state index in [4.69, 9.17) is 11.6 Å². The second-order valence-electron chi connectivity index (χ2n) is 6.03. The summed E-state index contributed by atoms with van der Waals surface area (Å²) < 4.78 is 33.3. The molecule has 1 fully saturated rings. The van der Waals surface area contributed by atoms with Crippen molar-refractivity contribution in [3.63, 3.8) is 0 Å². The van der Waals surface area contributed by atoms with Gasteiger partial charge in [-0.15, -0.1) is 0 Å². The topological polar surface area (TPSA) is 71.8 Å². The second kappa shape index (κ2) is 7.30. The largest absolute Gasteiger partial charge is 0.464 e. The van der Waals surface area contributed by atoms with Crippen molar-refractivity contribution >= 4 is 33.3 Å². The van der Waals surface area contributed by atoms with Gasteiger partial charge in [0.1, 0.15) is 10.6 Å². The zero-order valence-electron chi connectivity index (χ0n) is 14.6. The summed E-state index contributed by atoms with van der Waals surface area (Å²) in [6.45, 7) is 1.85. The number of piperazine rings is 1. The van der Waals surface area contributed by atoms with Gasteiger partial charge in [0.25, 0.3) is 0 Å². The summed E-state index contributed by atoms with van der Waals surface area (Å²) in [5, 5.41) is 0.650. The highest BCUT2D eigenvalue weighted by molar-refractivity contribution is 7.89. The predicted octanol–water partition coefficient (Wildman–Crippen LogP) is 1.98. The Bertz CT molecular complexity index is 918. The average Bonchev–Trinajstić information content (AvgIpc) is 3.04. The average molecular weight is 398 g/mol. The maximum absolute atomic E-state index is 12.9. The highest BCUT2D eigenvalue weighted by Gasteiger charge is 2.30. The number of hydrogen-bond acceptors (Lipinski definition) is 5. The Morgan fingerprint density at radius 1 is 1.15 bits per heavy atom. The van der Waals surface area contributed by atoms with Crippen LogP contribution >= 0.6 is 11.6 Å². The van der Waals surface area contributed by atoms with Gasteiger partial charge in [-0.25, -0.2) is 13.2 Å². The standard InChI is InChI=1S/C17H20ClN3O4S/c1-19-12-15(11-16(19)17(22)25-2)26(23,24)21-8-6-20(7-9-21)14-5-3-4-13(18)10-14/h3-5,10-12H,6-9H2,1-2H3. The fourth-order valence-electron chi connectivity index (χ4n) is 2.99. The summed E-state index contributed by atoms with van der Waals surface area (Å²) >= 11 is 6.03. The molecule has 1 aromatic carbocycles. The highest BCUT2D eigenvalue weighted by atomic mass is 35.5. The van der Waals surface area contributed by atoms with E-state index < -0.39 is 16.0 Å². The molecule has 1 saturated heterocycles. The number of anilines is 1. The van der Waals surface area contributed by atoms with Gasteiger partial charge in [-0.1, -0.05) is 17.7 Å². The van der Waals surface area contributed by atoms with Gasteiger partial charge in [0, 0.05) is 50.1 Å². The first kappa shape index (κ1) is 18.8. The quantitative estimate of drug-likeness (QED) is 0.737. The SMILES string of the molecule is COC(=O)c1cc(S(=O)(=O)N2CCN(c3cccc(Cl)c3)CC2)cn1C. The van der Waals surface area contributed by atoms with E-state index in [0.717, 1.165) is 5.69 Å². The van der Waals surface area contributed by atoms with Crippen LogP contribution in [0.5, 0.6) is 0 Å². The number of carbonyl (C=O) groups excluding carboxylic acids is 1. The van der Waals surface area contributed by atoms with Gasteiger partial charge < -0.3 is 14.2 Å². The van der Waals surface area contributed by atoms with E-state index in [1.807, 2.05) is 18.2 Å². The van der Waals surface area contributed by atoms with Crippen molar-refractivity contribution in [2.24, 2.45) is 7.05 Å². The van der Waals surface area contributed by atoms with Crippen molar-refractivity contribution in [3.05, 3.63) is 47.2 Å². The maximum Gasteiger partial charge on any atom is 0.354 e. The van der Waals surface area contributed by atoms with Crippen molar-refractivity contribution in [1.29, 1.82) is 0 Å². The minimum absolute atomic E-state index is 0.0941. The molecule has 0 aliphatic carbocycles. The first-order chi connectivity index (χ1) is 12.3. The van der Waals surface area contributed by atoms with E-state index in [1.165, 1.54) is 28.2 Å². The van der Waals surface area contributed by atoms with Crippen LogP contribution in [0.1, 0.15) is 10.5 Å². The molecule has 0 atom stereocenters. The van der Waals surface area contributed by atoms with Gasteiger partial charge in [0.05, 0.1) is 7.11 Å². The zero-order chi connectivity index (χ0) is 18.9. The predicted molar refractivity (Wildman–Crippen MR) is 99.2 cm³/mol. The van der Waals surface area contributed by atoms with Crippen LogP contribution in [-0.4, -0.2) is 56.5 Å². The molecular weight excluding hydrogens is 378 g/mol. The van der Waals surface area contributed by atoms with E-state index in [2.05, 4.69) is 9.64 Å². The normalized spacial score (nSPS) is 15.9. The van der Waals surface area contributed by atoms with E-state index in [1.54, 1.807) is 13.1 Å². The lowest BCUT2D eigenvalue weighted by Gasteiger charge is -2.35. The molecule has 140 valence electrons. The summed E-state index contributed by atoms with van der Waals surface area (Å²) in [5.74, 6) is -0.570. The summed E-state index contributed by atoms with van der Waals surface area (Å²) in [5.41, 5.74) is 1.17. The highest BCUT2D eigenvalue weighted by Crippen LogP contribution is 2.24. The van der Waals surface area contributed by atoms with Crippen molar-refractivity contribution < 1.29 is 17.9 Å². The lowest BCUT2D eigenvalue weighted by atomic mass is 10.2. The van der Waals surface area contributed by atoms with Crippen molar-refractivity contribution in [2.45, 2.75) is 4.90 Å². The minimum Gasteiger partial charge on any atom is -0.464 e. The first-order valence-electron chi connectivity index (χ1n) is 8.08. The third-order valence-corrected chi connectivity index (χ3v) is 6.52. The number of aromatic nitrogens is 1. The Morgan fingerprint density at radius 3 is 2.46 bits per heavy atom. The molecule has 0 unspecified atom stereocenters. The van der Waals surface area contributed by atoms with Crippen LogP contribution in [0.15, 0.2) is 41.4 Å². The molecule has 2 aromatic rings. The van der Waals surface area contributed by atoms with Crippen LogP contribution in [0.2, 0.25) is 5.02 Å². The van der Waals surface area contributed by atoms with Crippen LogP contribution in [-0.2, 0) is 21.8 Å². The number of hydrogen-bond donors (Lipinski definition) is 0. The zero-order valence-corrected chi connectivity index (χ0v) is 16.1. The number of rotatable bonds is 4. The van der Waals surface area contributed by atoms with Crippen molar-refractivity contribution in [2.75, 3.05) is 38.2 Å². The smallest absolute Gasteiger partial charge is 0.354 e. The fraction of sp³-hybridized carbons (Fsp3) is 0.353. The molecule has 9 heteroatoms. The molecule has 0 N–H and O–H groups in total. The number of sulfonamides is 1. The molecule has 3 rings (SSSR count). The van der Waals surface area contributed by atoms with Gasteiger partial charge in [-0.3, -0.25) is 0 Å². The van der Waals surface area contributed by atoms with Crippen LogP contribution in [0.25, 0.3) is 0 Å². The van der Waals surface area contributed by atoms with Gasteiger partial charge in [-0.2, -0.15) is 4.31 Å². The molecule has 2 heterocycles. The molecular formula is C17H20ClN3O4S. The lowest BCUT2D eigenvalue weighted by Crippen LogP contribution is -2.48. The molecule has 7 nitrogen and oxygen atoms in total. The Hall–Kier alpha value is -2.03. The van der Waals surface area contributed by atoms with Crippen LogP contribution in [0.3, 0.4) is 0 Å². The summed E-state index contributed by atoms with van der Waals surface area (Å²) in [6.07, 6.45) is 1.44. The summed E-state index contributed by atoms with van der Waals surface area (Å²) in [7, 11) is -0.791. The van der Waals surface area contributed by atoms with Crippen molar-refractivity contribution in [1.82, 2.24) is 8.87 Å². The van der Waals surface area contributed by atoms with Crippen molar-refractivity contribution in [3.8, 4) is 0 Å². The van der Waals surface area contributed by atoms with E-state index in [0.29, 0.717) is 31.2 Å². The number of benzene rings is 1. The Balaban J connectivity index is 1.75. The Kier molecular flexibility index (Phi) is 5.27. The molecule has 1 aliphatic rings. The summed E-state index contributed by atoms with van der Waals surface area (Å²) in [4.78, 5) is 13.9. The second-order valence-corrected chi connectivity index (χ2v) is 8.41. The number of halogens is 1. The molecule has 0 bridgehead atoms. The van der Waals surface area contributed by atoms with E-state index >= 15 is 0 Å². The number of ether oxygens (including phenoxy) is 1. The Morgan fingerprint density at radius 2 is 1.85 bits per heavy atom. The van der Waals surface area contributed by atoms with Crippen LogP contribution in [0.4, 0.5) is 5.69 Å². The number of carbonyl (C=O) groups is 1. The summed E-state index contributed by atoms with van der Waals surface area (Å²) in [6, 6.07) is 8.85. The third kappa shape index (κ3) is 3.58. The van der Waals surface area contributed by atoms with E-state index in [9.17, 15) is 13.2 Å². The fourth-order valence-corrected chi connectivity index (χ4v) is 4.67. The molecule has 0 radical (unpaired) electrons. The number of esters is 1. The number of methoxy groups -OCH3 is 1. The van der Waals surface area contributed by atoms with Gasteiger partial charge in [0.15, 0.2) is 0 Å². The number of nitrogens with zero attached hydrogens (tertiary/aromatic N) is 3. The van der Waals surface area contributed by atoms with E-state index in [-0.39, 0.29) is 10.6 Å². The Labute approximate surface area is 157 Å². The molecule has 0 amide bonds. The van der Waals surface area contributed by atoms with Crippen LogP contribution in [0, 0.1) is 0 Å². The van der Waals surface area contributed by atoms with Gasteiger partial charge >= 0.3 is 5.97 Å². The molecule has 26 heavy (non-hydrogen) atoms. The molecule has 1 aromatic heterocycles. The molecule has 0 spiro atoms. The maximum atomic E-state index is 12.9. The van der Waals surface area contributed by atoms with Gasteiger partial charge in [0.2, 0.25) is 10.0 Å². The van der Waals surface area contributed by atoms with Crippen LogP contribution < -0.4 is 4.90 Å². The lowest BCUT2D eigenvalue weighted by molar-refractivity contribution is 0.0590. The minimum atomic E-state index is -3.67. The third-order valence-electron chi connectivity index (χ3n) is 4.42. The molecule has 1 aliphatic heterocycles.